The molecule has 108 valence electrons. The van der Waals surface area contributed by atoms with Gasteiger partial charge in [0.05, 0.1) is 7.11 Å². The van der Waals surface area contributed by atoms with Crippen molar-refractivity contribution in [2.45, 2.75) is 37.8 Å². The number of esters is 1. The van der Waals surface area contributed by atoms with Crippen molar-refractivity contribution < 1.29 is 9.53 Å². The molecule has 1 rings (SSSR count). The Hall–Kier alpha value is -1.30. The molecule has 2 atom stereocenters. The molecule has 0 radical (unpaired) electrons. The highest BCUT2D eigenvalue weighted by Gasteiger charge is 2.43. The van der Waals surface area contributed by atoms with E-state index < -0.39 is 5.54 Å². The molecule has 0 spiro atoms. The summed E-state index contributed by atoms with van der Waals surface area (Å²) in [5, 5.41) is 6.80. The molecule has 0 bridgehead atoms. The molecule has 1 heterocycles. The molecule has 1 N–H and O–H groups in total. The highest BCUT2D eigenvalue weighted by atomic mass is 16.5. The lowest BCUT2D eigenvalue weighted by molar-refractivity contribution is -0.151. The average molecular weight is 269 g/mol. The first-order valence-corrected chi connectivity index (χ1v) is 6.60. The highest BCUT2D eigenvalue weighted by Crippen LogP contribution is 2.27. The first-order chi connectivity index (χ1) is 9.05. The summed E-state index contributed by atoms with van der Waals surface area (Å²) in [4.78, 5) is 17.0. The molecule has 0 saturated carbocycles. The zero-order valence-electron chi connectivity index (χ0n) is 11.9. The van der Waals surface area contributed by atoms with E-state index in [1.54, 1.807) is 0 Å². The quantitative estimate of drug-likeness (QED) is 0.259. The maximum absolute atomic E-state index is 12.1. The molecule has 0 amide bonds. The second-order valence-electron chi connectivity index (χ2n) is 5.09. The van der Waals surface area contributed by atoms with Gasteiger partial charge in [-0.3, -0.25) is 4.79 Å². The van der Waals surface area contributed by atoms with Crippen molar-refractivity contribution in [2.75, 3.05) is 33.8 Å². The van der Waals surface area contributed by atoms with Crippen LogP contribution in [0.4, 0.5) is 0 Å². The van der Waals surface area contributed by atoms with Crippen LogP contribution in [0.25, 0.3) is 10.4 Å². The monoisotopic (exact) mass is 269 g/mol. The molecule has 1 saturated heterocycles. The van der Waals surface area contributed by atoms with Crippen LogP contribution in [-0.4, -0.2) is 56.2 Å². The van der Waals surface area contributed by atoms with Gasteiger partial charge in [0.15, 0.2) is 0 Å². The fourth-order valence-corrected chi connectivity index (χ4v) is 2.49. The number of azide groups is 1. The van der Waals surface area contributed by atoms with E-state index in [2.05, 4.69) is 34.2 Å². The maximum Gasteiger partial charge on any atom is 0.326 e. The molecule has 1 aliphatic rings. The SMILES string of the molecule is COC(=O)C1(NCCCN=[N+]=[N-])CCN(C)C(C)C1. The van der Waals surface area contributed by atoms with Crippen molar-refractivity contribution in [1.82, 2.24) is 10.2 Å². The summed E-state index contributed by atoms with van der Waals surface area (Å²) in [6.45, 7) is 4.05. The van der Waals surface area contributed by atoms with Gasteiger partial charge in [-0.2, -0.15) is 0 Å². The Kier molecular flexibility index (Phi) is 6.08. The van der Waals surface area contributed by atoms with Gasteiger partial charge < -0.3 is 15.0 Å². The standard InChI is InChI=1S/C12H23N5O2/c1-10-9-12(11(18)19-3,5-8-17(10)2)14-6-4-7-15-16-13/h10,14H,4-9H2,1-3H3. The number of ether oxygens (including phenoxy) is 1. The fraction of sp³-hybridized carbons (Fsp3) is 0.917. The van der Waals surface area contributed by atoms with Crippen molar-refractivity contribution >= 4 is 5.97 Å². The van der Waals surface area contributed by atoms with Gasteiger partial charge in [-0.25, -0.2) is 0 Å². The van der Waals surface area contributed by atoms with Gasteiger partial charge in [0, 0.05) is 24.0 Å². The van der Waals surface area contributed by atoms with Crippen LogP contribution in [0.2, 0.25) is 0 Å². The zero-order chi connectivity index (χ0) is 14.3. The first kappa shape index (κ1) is 15.8. The Labute approximate surface area is 113 Å². The van der Waals surface area contributed by atoms with Crippen molar-refractivity contribution in [3.8, 4) is 0 Å². The summed E-state index contributed by atoms with van der Waals surface area (Å²) >= 11 is 0. The van der Waals surface area contributed by atoms with Gasteiger partial charge in [0.1, 0.15) is 5.54 Å². The van der Waals surface area contributed by atoms with E-state index in [-0.39, 0.29) is 5.97 Å². The average Bonchev–Trinajstić information content (AvgIpc) is 2.41. The van der Waals surface area contributed by atoms with E-state index in [0.29, 0.717) is 25.6 Å². The minimum atomic E-state index is -0.600. The Balaban J connectivity index is 2.61. The third-order valence-electron chi connectivity index (χ3n) is 3.83. The topological polar surface area (TPSA) is 90.3 Å². The number of nitrogens with zero attached hydrogens (tertiary/aromatic N) is 4. The number of carbonyl (C=O) groups excluding carboxylic acids is 1. The summed E-state index contributed by atoms with van der Waals surface area (Å²) in [6, 6.07) is 0.331. The van der Waals surface area contributed by atoms with E-state index in [0.717, 1.165) is 19.4 Å². The number of piperidine rings is 1. The fourth-order valence-electron chi connectivity index (χ4n) is 2.49. The Morgan fingerprint density at radius 1 is 1.68 bits per heavy atom. The second kappa shape index (κ2) is 7.33. The lowest BCUT2D eigenvalue weighted by Crippen LogP contribution is -2.60. The summed E-state index contributed by atoms with van der Waals surface area (Å²) in [5.74, 6) is -0.198. The molecule has 7 nitrogen and oxygen atoms in total. The molecule has 7 heteroatoms. The molecule has 1 aliphatic heterocycles. The predicted octanol–water partition coefficient (Wildman–Crippen LogP) is 1.30. The van der Waals surface area contributed by atoms with Crippen LogP contribution in [0.15, 0.2) is 5.11 Å². The van der Waals surface area contributed by atoms with Crippen LogP contribution in [0.1, 0.15) is 26.2 Å². The Morgan fingerprint density at radius 3 is 3.00 bits per heavy atom. The van der Waals surface area contributed by atoms with E-state index in [1.165, 1.54) is 7.11 Å². The van der Waals surface area contributed by atoms with Crippen molar-refractivity contribution in [2.24, 2.45) is 5.11 Å². The van der Waals surface area contributed by atoms with E-state index >= 15 is 0 Å². The van der Waals surface area contributed by atoms with Crippen LogP contribution >= 0.6 is 0 Å². The normalized spacial score (nSPS) is 27.6. The van der Waals surface area contributed by atoms with Gasteiger partial charge >= 0.3 is 5.97 Å². The number of methoxy groups -OCH3 is 1. The number of nitrogens with one attached hydrogen (secondary N) is 1. The lowest BCUT2D eigenvalue weighted by atomic mass is 9.83. The maximum atomic E-state index is 12.1. The van der Waals surface area contributed by atoms with E-state index in [9.17, 15) is 4.79 Å². The van der Waals surface area contributed by atoms with Crippen LogP contribution in [0, 0.1) is 0 Å². The number of rotatable bonds is 6. The van der Waals surface area contributed by atoms with Gasteiger partial charge in [-0.05, 0) is 45.3 Å². The van der Waals surface area contributed by atoms with Crippen molar-refractivity contribution in [3.63, 3.8) is 0 Å². The molecule has 0 aromatic heterocycles. The molecular formula is C12H23N5O2. The lowest BCUT2D eigenvalue weighted by Gasteiger charge is -2.42. The number of hydrogen-bond acceptors (Lipinski definition) is 5. The molecule has 2 unspecified atom stereocenters. The molecule has 0 aromatic carbocycles. The third-order valence-corrected chi connectivity index (χ3v) is 3.83. The van der Waals surface area contributed by atoms with E-state index in [1.807, 2.05) is 0 Å². The summed E-state index contributed by atoms with van der Waals surface area (Å²) < 4.78 is 4.95. The second-order valence-corrected chi connectivity index (χ2v) is 5.09. The van der Waals surface area contributed by atoms with Crippen LogP contribution in [0.3, 0.4) is 0 Å². The number of likely N-dealkylation sites (tertiary alicyclic amines) is 1. The molecular weight excluding hydrogens is 246 g/mol. The molecule has 0 aliphatic carbocycles. The zero-order valence-corrected chi connectivity index (χ0v) is 11.9. The highest BCUT2D eigenvalue weighted by molar-refractivity contribution is 5.81. The van der Waals surface area contributed by atoms with Crippen LogP contribution in [0.5, 0.6) is 0 Å². The third kappa shape index (κ3) is 4.09. The van der Waals surface area contributed by atoms with E-state index in [4.69, 9.17) is 10.3 Å². The van der Waals surface area contributed by atoms with Gasteiger partial charge in [0.25, 0.3) is 0 Å². The van der Waals surface area contributed by atoms with Crippen LogP contribution in [-0.2, 0) is 9.53 Å². The van der Waals surface area contributed by atoms with Gasteiger partial charge in [-0.1, -0.05) is 5.11 Å². The molecule has 0 aromatic rings. The number of carbonyl (C=O) groups is 1. The van der Waals surface area contributed by atoms with Crippen molar-refractivity contribution in [3.05, 3.63) is 10.4 Å². The first-order valence-electron chi connectivity index (χ1n) is 6.60. The number of hydrogen-bond donors (Lipinski definition) is 1. The van der Waals surface area contributed by atoms with Gasteiger partial charge in [0.2, 0.25) is 0 Å². The smallest absolute Gasteiger partial charge is 0.326 e. The minimum absolute atomic E-state index is 0.198. The Morgan fingerprint density at radius 2 is 2.42 bits per heavy atom. The summed E-state index contributed by atoms with van der Waals surface area (Å²) in [5.41, 5.74) is 7.61. The Bertz CT molecular complexity index is 356. The minimum Gasteiger partial charge on any atom is -0.468 e. The van der Waals surface area contributed by atoms with Gasteiger partial charge in [-0.15, -0.1) is 0 Å². The summed E-state index contributed by atoms with van der Waals surface area (Å²) in [7, 11) is 3.49. The molecule has 1 fully saturated rings. The van der Waals surface area contributed by atoms with Crippen LogP contribution < -0.4 is 5.32 Å². The van der Waals surface area contributed by atoms with Crippen molar-refractivity contribution in [1.29, 1.82) is 0 Å². The molecule has 19 heavy (non-hydrogen) atoms. The summed E-state index contributed by atoms with van der Waals surface area (Å²) in [6.07, 6.45) is 2.19. The largest absolute Gasteiger partial charge is 0.468 e. The predicted molar refractivity (Wildman–Crippen MR) is 72.7 cm³/mol.